The van der Waals surface area contributed by atoms with Gasteiger partial charge in [0.2, 0.25) is 10.0 Å². The summed E-state index contributed by atoms with van der Waals surface area (Å²) in [7, 11) is -3.28. The van der Waals surface area contributed by atoms with Gasteiger partial charge in [0.15, 0.2) is 0 Å². The van der Waals surface area contributed by atoms with Gasteiger partial charge in [0.1, 0.15) is 4.66 Å². The molecule has 1 heterocycles. The maximum Gasteiger partial charge on any atom is 0.242 e. The van der Waals surface area contributed by atoms with E-state index in [0.29, 0.717) is 5.69 Å². The third kappa shape index (κ3) is 3.60. The van der Waals surface area contributed by atoms with E-state index in [2.05, 4.69) is 25.6 Å². The van der Waals surface area contributed by atoms with Crippen LogP contribution in [0.1, 0.15) is 0 Å². The van der Waals surface area contributed by atoms with Crippen molar-refractivity contribution >= 4 is 37.3 Å². The summed E-state index contributed by atoms with van der Waals surface area (Å²) in [6.07, 6.45) is 0. The molecule has 0 unspecified atom stereocenters. The van der Waals surface area contributed by atoms with Crippen LogP contribution in [0.25, 0.3) is 0 Å². The van der Waals surface area contributed by atoms with Gasteiger partial charge in [-0.05, 0) is 24.3 Å². The van der Waals surface area contributed by atoms with Crippen molar-refractivity contribution < 1.29 is 13.2 Å². The van der Waals surface area contributed by atoms with Crippen LogP contribution in [0.3, 0.4) is 0 Å². The summed E-state index contributed by atoms with van der Waals surface area (Å²) in [5.74, 6) is 0. The maximum atomic E-state index is 11.4. The predicted octanol–water partition coefficient (Wildman–Crippen LogP) is 1.62. The zero-order chi connectivity index (χ0) is 13.0. The first-order valence-corrected chi connectivity index (χ1v) is 8.37. The van der Waals surface area contributed by atoms with Gasteiger partial charge >= 0.3 is 0 Å². The lowest BCUT2D eigenvalue weighted by Gasteiger charge is -2.28. The number of benzene rings is 1. The number of ether oxygens (including phenoxy) is 1. The number of anilines is 2. The van der Waals surface area contributed by atoms with E-state index in [9.17, 15) is 8.42 Å². The van der Waals surface area contributed by atoms with Gasteiger partial charge in [0, 0.05) is 24.5 Å². The minimum Gasteiger partial charge on any atom is -0.378 e. The zero-order valence-corrected chi connectivity index (χ0v) is 12.2. The topological polar surface area (TPSA) is 58.6 Å². The van der Waals surface area contributed by atoms with Crippen LogP contribution in [0.5, 0.6) is 0 Å². The molecule has 1 aromatic carbocycles. The normalized spacial score (nSPS) is 16.6. The molecule has 0 amide bonds. The van der Waals surface area contributed by atoms with Gasteiger partial charge in [-0.2, -0.15) is 0 Å². The van der Waals surface area contributed by atoms with Gasteiger partial charge in [0.05, 0.1) is 13.2 Å². The Morgan fingerprint density at radius 1 is 1.22 bits per heavy atom. The molecule has 0 atom stereocenters. The molecule has 1 aromatic rings. The maximum absolute atomic E-state index is 11.4. The Kier molecular flexibility index (Phi) is 4.47. The third-order valence-electron chi connectivity index (χ3n) is 2.66. The first-order chi connectivity index (χ1) is 8.61. The van der Waals surface area contributed by atoms with Crippen molar-refractivity contribution in [2.24, 2.45) is 0 Å². The first kappa shape index (κ1) is 13.6. The van der Waals surface area contributed by atoms with Crippen molar-refractivity contribution in [3.8, 4) is 0 Å². The molecule has 0 bridgehead atoms. The molecule has 1 N–H and O–H groups in total. The van der Waals surface area contributed by atoms with E-state index < -0.39 is 10.0 Å². The van der Waals surface area contributed by atoms with E-state index in [-0.39, 0.29) is 4.66 Å². The Balaban J connectivity index is 2.05. The molecule has 0 aliphatic carbocycles. The second-order valence-electron chi connectivity index (χ2n) is 3.97. The lowest BCUT2D eigenvalue weighted by Crippen LogP contribution is -2.36. The highest BCUT2D eigenvalue weighted by Crippen LogP contribution is 2.19. The van der Waals surface area contributed by atoms with E-state index in [4.69, 9.17) is 4.74 Å². The molecule has 1 saturated heterocycles. The van der Waals surface area contributed by atoms with Gasteiger partial charge in [-0.15, -0.1) is 0 Å². The quantitative estimate of drug-likeness (QED) is 0.850. The van der Waals surface area contributed by atoms with E-state index >= 15 is 0 Å². The van der Waals surface area contributed by atoms with Crippen molar-refractivity contribution in [1.29, 1.82) is 0 Å². The van der Waals surface area contributed by atoms with Gasteiger partial charge in [0.25, 0.3) is 0 Å². The van der Waals surface area contributed by atoms with Crippen LogP contribution in [0, 0.1) is 0 Å². The highest BCUT2D eigenvalue weighted by molar-refractivity contribution is 9.10. The molecule has 1 aliphatic heterocycles. The molecule has 2 rings (SSSR count). The van der Waals surface area contributed by atoms with Gasteiger partial charge in [-0.1, -0.05) is 15.9 Å². The van der Waals surface area contributed by atoms with E-state index in [1.165, 1.54) is 0 Å². The lowest BCUT2D eigenvalue weighted by atomic mass is 10.2. The van der Waals surface area contributed by atoms with Crippen molar-refractivity contribution in [2.45, 2.75) is 0 Å². The standard InChI is InChI=1S/C11H15BrN2O3S/c12-9-18(15,16)13-10-1-3-11(4-2-10)14-5-7-17-8-6-14/h1-4,13H,5-9H2. The van der Waals surface area contributed by atoms with Crippen LogP contribution in [-0.4, -0.2) is 39.4 Å². The summed E-state index contributed by atoms with van der Waals surface area (Å²) in [6.45, 7) is 3.20. The monoisotopic (exact) mass is 334 g/mol. The average molecular weight is 335 g/mol. The molecule has 0 radical (unpaired) electrons. The van der Waals surface area contributed by atoms with Crippen LogP contribution >= 0.6 is 15.9 Å². The van der Waals surface area contributed by atoms with Crippen LogP contribution < -0.4 is 9.62 Å². The van der Waals surface area contributed by atoms with Crippen molar-refractivity contribution in [3.05, 3.63) is 24.3 Å². The number of morpholine rings is 1. The third-order valence-corrected chi connectivity index (χ3v) is 5.30. The molecule has 0 aromatic heterocycles. The fraction of sp³-hybridized carbons (Fsp3) is 0.455. The highest BCUT2D eigenvalue weighted by Gasteiger charge is 2.12. The second kappa shape index (κ2) is 5.90. The number of nitrogens with one attached hydrogen (secondary N) is 1. The minimum atomic E-state index is -3.28. The summed E-state index contributed by atoms with van der Waals surface area (Å²) in [4.78, 5) is 2.21. The Hall–Kier alpha value is -0.790. The van der Waals surface area contributed by atoms with Crippen LogP contribution in [0.2, 0.25) is 0 Å². The van der Waals surface area contributed by atoms with Gasteiger partial charge < -0.3 is 9.64 Å². The Morgan fingerprint density at radius 3 is 2.39 bits per heavy atom. The predicted molar refractivity (Wildman–Crippen MR) is 75.8 cm³/mol. The number of rotatable bonds is 4. The molecule has 100 valence electrons. The number of hydrogen-bond donors (Lipinski definition) is 1. The van der Waals surface area contributed by atoms with Crippen molar-refractivity contribution in [2.75, 3.05) is 40.6 Å². The molecule has 5 nitrogen and oxygen atoms in total. The Bertz CT molecular complexity index is 484. The average Bonchev–Trinajstić information content (AvgIpc) is 2.40. The van der Waals surface area contributed by atoms with Gasteiger partial charge in [-0.25, -0.2) is 8.42 Å². The molecule has 0 saturated carbocycles. The molecule has 1 aliphatic rings. The first-order valence-electron chi connectivity index (χ1n) is 5.60. The number of sulfonamides is 1. The number of alkyl halides is 1. The molecule has 18 heavy (non-hydrogen) atoms. The Morgan fingerprint density at radius 2 is 1.83 bits per heavy atom. The van der Waals surface area contributed by atoms with E-state index in [0.717, 1.165) is 32.0 Å². The minimum absolute atomic E-state index is 0.106. The van der Waals surface area contributed by atoms with Crippen LogP contribution in [-0.2, 0) is 14.8 Å². The van der Waals surface area contributed by atoms with Crippen LogP contribution in [0.4, 0.5) is 11.4 Å². The van der Waals surface area contributed by atoms with E-state index in [1.807, 2.05) is 12.1 Å². The summed E-state index contributed by atoms with van der Waals surface area (Å²) in [5.41, 5.74) is 1.66. The fourth-order valence-corrected chi connectivity index (χ4v) is 2.66. The lowest BCUT2D eigenvalue weighted by molar-refractivity contribution is 0.122. The van der Waals surface area contributed by atoms with E-state index in [1.54, 1.807) is 12.1 Å². The zero-order valence-electron chi connectivity index (χ0n) is 9.80. The molecule has 1 fully saturated rings. The summed E-state index contributed by atoms with van der Waals surface area (Å²) in [6, 6.07) is 7.37. The fourth-order valence-electron chi connectivity index (χ4n) is 1.77. The Labute approximate surface area is 115 Å². The number of nitrogens with zero attached hydrogens (tertiary/aromatic N) is 1. The molecular formula is C11H15BrN2O3S. The van der Waals surface area contributed by atoms with Crippen LogP contribution in [0.15, 0.2) is 24.3 Å². The summed E-state index contributed by atoms with van der Waals surface area (Å²) < 4.78 is 30.4. The van der Waals surface area contributed by atoms with Crippen molar-refractivity contribution in [1.82, 2.24) is 0 Å². The van der Waals surface area contributed by atoms with Gasteiger partial charge in [-0.3, -0.25) is 4.72 Å². The molecule has 0 spiro atoms. The largest absolute Gasteiger partial charge is 0.378 e. The summed E-state index contributed by atoms with van der Waals surface area (Å²) in [5, 5.41) is 0. The smallest absolute Gasteiger partial charge is 0.242 e. The number of hydrogen-bond acceptors (Lipinski definition) is 4. The summed E-state index contributed by atoms with van der Waals surface area (Å²) >= 11 is 2.93. The SMILES string of the molecule is O=S(=O)(CBr)Nc1ccc(N2CCOCC2)cc1. The second-order valence-corrected chi connectivity index (χ2v) is 7.00. The van der Waals surface area contributed by atoms with Crippen molar-refractivity contribution in [3.63, 3.8) is 0 Å². The number of halogens is 1. The molecular weight excluding hydrogens is 320 g/mol. The highest BCUT2D eigenvalue weighted by atomic mass is 79.9. The molecule has 7 heteroatoms.